The molecule has 0 bridgehead atoms. The van der Waals surface area contributed by atoms with Crippen LogP contribution in [0.1, 0.15) is 37.7 Å². The topological polar surface area (TPSA) is 16.1 Å². The molecule has 4 heteroatoms. The zero-order valence-corrected chi connectivity index (χ0v) is 13.9. The van der Waals surface area contributed by atoms with Crippen molar-refractivity contribution in [1.82, 2.24) is 9.88 Å². The average Bonchev–Trinajstić information content (AvgIpc) is 2.34. The summed E-state index contributed by atoms with van der Waals surface area (Å²) >= 11 is 5.89. The fourth-order valence-corrected chi connectivity index (χ4v) is 2.93. The summed E-state index contributed by atoms with van der Waals surface area (Å²) in [6, 6.07) is 3.99. The molecule has 20 heavy (non-hydrogen) atoms. The number of hydrogen-bond donors (Lipinski definition) is 0. The molecule has 0 aliphatic heterocycles. The Kier molecular flexibility index (Phi) is 7.57. The van der Waals surface area contributed by atoms with Crippen LogP contribution in [-0.4, -0.2) is 30.5 Å². The van der Waals surface area contributed by atoms with Crippen molar-refractivity contribution in [3.8, 4) is 0 Å². The van der Waals surface area contributed by atoms with Gasteiger partial charge in [0.25, 0.3) is 0 Å². The van der Waals surface area contributed by atoms with E-state index in [4.69, 9.17) is 11.6 Å². The molecule has 0 saturated heterocycles. The van der Waals surface area contributed by atoms with Gasteiger partial charge in [-0.25, -0.2) is 4.98 Å². The summed E-state index contributed by atoms with van der Waals surface area (Å²) in [6.07, 6.45) is 10.8. The molecule has 0 radical (unpaired) electrons. The number of allylic oxidation sites excluding steroid dienone is 1. The van der Waals surface area contributed by atoms with Gasteiger partial charge in [0.1, 0.15) is 5.15 Å². The van der Waals surface area contributed by atoms with Crippen LogP contribution in [0.2, 0.25) is 5.15 Å². The van der Waals surface area contributed by atoms with Crippen molar-refractivity contribution in [2.45, 2.75) is 32.1 Å². The molecule has 0 aromatic carbocycles. The maximum Gasteiger partial charge on any atom is 0.129 e. The van der Waals surface area contributed by atoms with E-state index in [1.807, 2.05) is 12.3 Å². The summed E-state index contributed by atoms with van der Waals surface area (Å²) in [5.41, 5.74) is 2.69. The van der Waals surface area contributed by atoms with Gasteiger partial charge in [0.05, 0.1) is 0 Å². The van der Waals surface area contributed by atoms with Crippen LogP contribution in [0.5, 0.6) is 0 Å². The van der Waals surface area contributed by atoms with Gasteiger partial charge in [-0.2, -0.15) is 0 Å². The molecular formula is C16H24Cl2N2. The van der Waals surface area contributed by atoms with E-state index in [2.05, 4.69) is 36.1 Å². The van der Waals surface area contributed by atoms with E-state index in [9.17, 15) is 0 Å². The quantitative estimate of drug-likeness (QED) is 0.753. The molecule has 0 amide bonds. The van der Waals surface area contributed by atoms with E-state index in [-0.39, 0.29) is 12.4 Å². The molecule has 1 atom stereocenters. The van der Waals surface area contributed by atoms with Crippen molar-refractivity contribution >= 4 is 29.6 Å². The largest absolute Gasteiger partial charge is 0.309 e. The highest BCUT2D eigenvalue weighted by molar-refractivity contribution is 6.29. The van der Waals surface area contributed by atoms with Gasteiger partial charge in [-0.15, -0.1) is 12.4 Å². The summed E-state index contributed by atoms with van der Waals surface area (Å²) in [4.78, 5) is 6.51. The monoisotopic (exact) mass is 314 g/mol. The lowest BCUT2D eigenvalue weighted by molar-refractivity contribution is 0.346. The number of rotatable bonds is 3. The summed E-state index contributed by atoms with van der Waals surface area (Å²) in [5.74, 6) is 0.610. The summed E-state index contributed by atoms with van der Waals surface area (Å²) in [7, 11) is 4.30. The van der Waals surface area contributed by atoms with E-state index in [1.165, 1.54) is 43.2 Å². The Bertz CT molecular complexity index is 427. The summed E-state index contributed by atoms with van der Waals surface area (Å²) in [5, 5.41) is 0.569. The molecule has 0 fully saturated rings. The molecule has 1 heterocycles. The van der Waals surface area contributed by atoms with Crippen LogP contribution >= 0.6 is 24.0 Å². The van der Waals surface area contributed by atoms with Gasteiger partial charge in [0.2, 0.25) is 0 Å². The highest BCUT2D eigenvalue weighted by Crippen LogP contribution is 2.31. The van der Waals surface area contributed by atoms with Crippen LogP contribution in [0.25, 0.3) is 5.57 Å². The molecule has 1 aromatic heterocycles. The third-order valence-corrected chi connectivity index (χ3v) is 3.93. The average molecular weight is 315 g/mol. The van der Waals surface area contributed by atoms with Crippen molar-refractivity contribution in [2.24, 2.45) is 5.92 Å². The third kappa shape index (κ3) is 5.08. The second kappa shape index (κ2) is 8.66. The smallest absolute Gasteiger partial charge is 0.129 e. The van der Waals surface area contributed by atoms with Crippen molar-refractivity contribution in [1.29, 1.82) is 0 Å². The first-order valence-electron chi connectivity index (χ1n) is 7.13. The number of nitrogens with zero attached hydrogens (tertiary/aromatic N) is 2. The van der Waals surface area contributed by atoms with Gasteiger partial charge >= 0.3 is 0 Å². The molecule has 2 rings (SSSR count). The minimum absolute atomic E-state index is 0. The first kappa shape index (κ1) is 17.5. The Labute approximate surface area is 133 Å². The summed E-state index contributed by atoms with van der Waals surface area (Å²) in [6.45, 7) is 1.11. The highest BCUT2D eigenvalue weighted by Gasteiger charge is 2.18. The van der Waals surface area contributed by atoms with Crippen LogP contribution in [0.3, 0.4) is 0 Å². The van der Waals surface area contributed by atoms with Crippen LogP contribution in [0.15, 0.2) is 24.4 Å². The highest BCUT2D eigenvalue weighted by atomic mass is 35.5. The van der Waals surface area contributed by atoms with Gasteiger partial charge in [-0.05, 0) is 56.5 Å². The van der Waals surface area contributed by atoms with Crippen molar-refractivity contribution in [2.75, 3.05) is 20.6 Å². The zero-order valence-electron chi connectivity index (χ0n) is 12.3. The van der Waals surface area contributed by atoms with Gasteiger partial charge in [0.15, 0.2) is 0 Å². The van der Waals surface area contributed by atoms with E-state index >= 15 is 0 Å². The lowest BCUT2D eigenvalue weighted by Gasteiger charge is -2.26. The van der Waals surface area contributed by atoms with E-state index in [0.717, 1.165) is 6.54 Å². The Balaban J connectivity index is 0.00000200. The molecule has 1 aliphatic carbocycles. The normalized spacial score (nSPS) is 19.8. The maximum atomic E-state index is 5.89. The number of hydrogen-bond acceptors (Lipinski definition) is 2. The van der Waals surface area contributed by atoms with Gasteiger partial charge in [-0.3, -0.25) is 0 Å². The fourth-order valence-electron chi connectivity index (χ4n) is 2.82. The Hall–Kier alpha value is -0.570. The van der Waals surface area contributed by atoms with Crippen LogP contribution in [-0.2, 0) is 0 Å². The Morgan fingerprint density at radius 3 is 2.70 bits per heavy atom. The standard InChI is InChI=1S/C16H23ClN2.ClH/c1-19(2)12-14-7-5-3-4-6-8-15(14)13-9-10-16(17)18-11-13;/h8-11,14H,3-7,12H2,1-2H3;1H. The third-order valence-electron chi connectivity index (χ3n) is 3.71. The predicted molar refractivity (Wildman–Crippen MR) is 89.6 cm³/mol. The van der Waals surface area contributed by atoms with Crippen LogP contribution in [0.4, 0.5) is 0 Å². The number of pyridine rings is 1. The van der Waals surface area contributed by atoms with Gasteiger partial charge < -0.3 is 4.90 Å². The van der Waals surface area contributed by atoms with Crippen molar-refractivity contribution in [3.63, 3.8) is 0 Å². The molecular weight excluding hydrogens is 291 g/mol. The maximum absolute atomic E-state index is 5.89. The number of halogens is 2. The van der Waals surface area contributed by atoms with Crippen molar-refractivity contribution < 1.29 is 0 Å². The molecule has 112 valence electrons. The number of aromatic nitrogens is 1. The lowest BCUT2D eigenvalue weighted by Crippen LogP contribution is -2.23. The van der Waals surface area contributed by atoms with E-state index in [1.54, 1.807) is 0 Å². The minimum atomic E-state index is 0. The predicted octanol–water partition coefficient (Wildman–Crippen LogP) is 4.68. The molecule has 1 aromatic rings. The van der Waals surface area contributed by atoms with E-state index in [0.29, 0.717) is 11.1 Å². The second-order valence-corrected chi connectivity index (χ2v) is 6.01. The second-order valence-electron chi connectivity index (χ2n) is 5.63. The van der Waals surface area contributed by atoms with Crippen molar-refractivity contribution in [3.05, 3.63) is 35.1 Å². The molecule has 0 N–H and O–H groups in total. The lowest BCUT2D eigenvalue weighted by atomic mass is 9.85. The van der Waals surface area contributed by atoms with Gasteiger partial charge in [0, 0.05) is 12.7 Å². The Morgan fingerprint density at radius 1 is 1.25 bits per heavy atom. The van der Waals surface area contributed by atoms with E-state index < -0.39 is 0 Å². The molecule has 1 unspecified atom stereocenters. The SMILES string of the molecule is CN(C)CC1CCCCCC=C1c1ccc(Cl)nc1.Cl. The zero-order chi connectivity index (χ0) is 13.7. The Morgan fingerprint density at radius 2 is 2.05 bits per heavy atom. The minimum Gasteiger partial charge on any atom is -0.309 e. The van der Waals surface area contributed by atoms with Crippen LogP contribution < -0.4 is 0 Å². The van der Waals surface area contributed by atoms with Gasteiger partial charge in [-0.1, -0.05) is 36.6 Å². The molecule has 0 saturated carbocycles. The van der Waals surface area contributed by atoms with Crippen LogP contribution in [0, 0.1) is 5.92 Å². The summed E-state index contributed by atoms with van der Waals surface area (Å²) < 4.78 is 0. The molecule has 2 nitrogen and oxygen atoms in total. The first-order valence-corrected chi connectivity index (χ1v) is 7.51. The molecule has 0 spiro atoms. The first-order chi connectivity index (χ1) is 9.16. The fraction of sp³-hybridized carbons (Fsp3) is 0.562. The molecule has 1 aliphatic rings.